The summed E-state index contributed by atoms with van der Waals surface area (Å²) < 4.78 is 5.21. The molecular weight excluding hydrogens is 298 g/mol. The maximum absolute atomic E-state index is 5.42. The van der Waals surface area contributed by atoms with Gasteiger partial charge in [0.05, 0.1) is 13.3 Å². The van der Waals surface area contributed by atoms with Crippen LogP contribution in [0.4, 0.5) is 0 Å². The maximum Gasteiger partial charge on any atom is 0.142 e. The standard InChI is InChI=1S/C21H25NO2/c1-23-21-12-6-8-18(14-21)16-24-22-15-17-7-5-11-20(13-17)19-9-3-2-4-10-19/h5-8,11-15,19H,2-4,9-10,16H2,1H3. The number of benzene rings is 2. The summed E-state index contributed by atoms with van der Waals surface area (Å²) in [6, 6.07) is 16.5. The van der Waals surface area contributed by atoms with Crippen LogP contribution >= 0.6 is 0 Å². The van der Waals surface area contributed by atoms with Crippen molar-refractivity contribution in [2.75, 3.05) is 7.11 Å². The van der Waals surface area contributed by atoms with E-state index in [2.05, 4.69) is 29.4 Å². The number of nitrogens with zero attached hydrogens (tertiary/aromatic N) is 1. The van der Waals surface area contributed by atoms with Gasteiger partial charge in [0, 0.05) is 0 Å². The van der Waals surface area contributed by atoms with Crippen molar-refractivity contribution in [2.24, 2.45) is 5.16 Å². The highest BCUT2D eigenvalue weighted by molar-refractivity contribution is 5.79. The molecule has 0 heterocycles. The lowest BCUT2D eigenvalue weighted by Crippen LogP contribution is -2.04. The number of hydrogen-bond acceptors (Lipinski definition) is 3. The number of methoxy groups -OCH3 is 1. The van der Waals surface area contributed by atoms with Gasteiger partial charge in [-0.05, 0) is 53.6 Å². The highest BCUT2D eigenvalue weighted by Gasteiger charge is 2.15. The van der Waals surface area contributed by atoms with Gasteiger partial charge < -0.3 is 9.57 Å². The zero-order valence-electron chi connectivity index (χ0n) is 14.3. The fraction of sp³-hybridized carbons (Fsp3) is 0.381. The van der Waals surface area contributed by atoms with Gasteiger partial charge in [-0.3, -0.25) is 0 Å². The lowest BCUT2D eigenvalue weighted by molar-refractivity contribution is 0.132. The van der Waals surface area contributed by atoms with E-state index in [1.807, 2.05) is 24.3 Å². The van der Waals surface area contributed by atoms with Crippen molar-refractivity contribution < 1.29 is 9.57 Å². The summed E-state index contributed by atoms with van der Waals surface area (Å²) in [6.45, 7) is 0.440. The Morgan fingerprint density at radius 2 is 1.88 bits per heavy atom. The third kappa shape index (κ3) is 4.60. The molecular formula is C21H25NO2. The Kier molecular flexibility index (Phi) is 5.89. The molecule has 3 rings (SSSR count). The summed E-state index contributed by atoms with van der Waals surface area (Å²) >= 11 is 0. The van der Waals surface area contributed by atoms with Gasteiger partial charge in [0.15, 0.2) is 0 Å². The highest BCUT2D eigenvalue weighted by atomic mass is 16.6. The van der Waals surface area contributed by atoms with Crippen molar-refractivity contribution in [1.82, 2.24) is 0 Å². The van der Waals surface area contributed by atoms with Crippen LogP contribution in [0, 0.1) is 0 Å². The maximum atomic E-state index is 5.42. The second-order valence-corrected chi connectivity index (χ2v) is 6.36. The highest BCUT2D eigenvalue weighted by Crippen LogP contribution is 2.32. The van der Waals surface area contributed by atoms with Crippen LogP contribution in [0.5, 0.6) is 5.75 Å². The molecule has 1 fully saturated rings. The van der Waals surface area contributed by atoms with Crippen LogP contribution in [0.1, 0.15) is 54.7 Å². The first-order valence-electron chi connectivity index (χ1n) is 8.73. The SMILES string of the molecule is COc1cccc(CON=Cc2cccc(C3CCCCC3)c2)c1. The molecule has 0 aliphatic heterocycles. The zero-order valence-corrected chi connectivity index (χ0v) is 14.3. The van der Waals surface area contributed by atoms with Crippen LogP contribution in [-0.2, 0) is 11.4 Å². The smallest absolute Gasteiger partial charge is 0.142 e. The average Bonchev–Trinajstić information content (AvgIpc) is 2.66. The van der Waals surface area contributed by atoms with E-state index in [1.54, 1.807) is 13.3 Å². The van der Waals surface area contributed by atoms with Gasteiger partial charge >= 0.3 is 0 Å². The topological polar surface area (TPSA) is 30.8 Å². The predicted octanol–water partition coefficient (Wildman–Crippen LogP) is 5.29. The number of ether oxygens (including phenoxy) is 1. The quantitative estimate of drug-likeness (QED) is 0.534. The minimum atomic E-state index is 0.440. The second kappa shape index (κ2) is 8.53. The summed E-state index contributed by atoms with van der Waals surface area (Å²) in [5.41, 5.74) is 3.58. The van der Waals surface area contributed by atoms with Gasteiger partial charge in [-0.2, -0.15) is 0 Å². The third-order valence-corrected chi connectivity index (χ3v) is 4.63. The molecule has 2 aromatic rings. The second-order valence-electron chi connectivity index (χ2n) is 6.36. The van der Waals surface area contributed by atoms with Crippen molar-refractivity contribution in [2.45, 2.75) is 44.6 Å². The van der Waals surface area contributed by atoms with E-state index >= 15 is 0 Å². The molecule has 1 aliphatic rings. The van der Waals surface area contributed by atoms with Crippen LogP contribution in [0.15, 0.2) is 53.7 Å². The van der Waals surface area contributed by atoms with E-state index in [1.165, 1.54) is 37.7 Å². The van der Waals surface area contributed by atoms with E-state index in [0.29, 0.717) is 12.5 Å². The largest absolute Gasteiger partial charge is 0.497 e. The zero-order chi connectivity index (χ0) is 16.6. The summed E-state index contributed by atoms with van der Waals surface area (Å²) in [7, 11) is 1.66. The summed E-state index contributed by atoms with van der Waals surface area (Å²) in [5, 5.41) is 4.11. The number of oxime groups is 1. The van der Waals surface area contributed by atoms with Gasteiger partial charge in [0.25, 0.3) is 0 Å². The molecule has 0 aromatic heterocycles. The van der Waals surface area contributed by atoms with Gasteiger partial charge in [-0.15, -0.1) is 0 Å². The Morgan fingerprint density at radius 1 is 1.04 bits per heavy atom. The Morgan fingerprint density at radius 3 is 2.71 bits per heavy atom. The molecule has 0 saturated heterocycles. The summed E-state index contributed by atoms with van der Waals surface area (Å²) in [6.07, 6.45) is 8.52. The van der Waals surface area contributed by atoms with Crippen LogP contribution in [0.3, 0.4) is 0 Å². The molecule has 0 amide bonds. The Labute approximate surface area is 144 Å². The van der Waals surface area contributed by atoms with Crippen molar-refractivity contribution >= 4 is 6.21 Å². The molecule has 3 heteroatoms. The molecule has 126 valence electrons. The van der Waals surface area contributed by atoms with E-state index in [-0.39, 0.29) is 0 Å². The first-order valence-corrected chi connectivity index (χ1v) is 8.73. The van der Waals surface area contributed by atoms with Crippen LogP contribution in [0.25, 0.3) is 0 Å². The lowest BCUT2D eigenvalue weighted by Gasteiger charge is -2.22. The predicted molar refractivity (Wildman–Crippen MR) is 97.6 cm³/mol. The Balaban J connectivity index is 1.56. The molecule has 2 aromatic carbocycles. The van der Waals surface area contributed by atoms with Crippen molar-refractivity contribution in [3.05, 3.63) is 65.2 Å². The van der Waals surface area contributed by atoms with Crippen molar-refractivity contribution in [3.8, 4) is 5.75 Å². The summed E-state index contributed by atoms with van der Waals surface area (Å²) in [5.74, 6) is 1.55. The molecule has 0 atom stereocenters. The molecule has 3 nitrogen and oxygen atoms in total. The normalized spacial score (nSPS) is 15.5. The van der Waals surface area contributed by atoms with E-state index in [4.69, 9.17) is 9.57 Å². The van der Waals surface area contributed by atoms with Crippen LogP contribution < -0.4 is 4.74 Å². The minimum Gasteiger partial charge on any atom is -0.497 e. The van der Waals surface area contributed by atoms with Crippen molar-refractivity contribution in [3.63, 3.8) is 0 Å². The van der Waals surface area contributed by atoms with E-state index < -0.39 is 0 Å². The monoisotopic (exact) mass is 323 g/mol. The molecule has 1 aliphatic carbocycles. The fourth-order valence-electron chi connectivity index (χ4n) is 3.30. The summed E-state index contributed by atoms with van der Waals surface area (Å²) in [4.78, 5) is 5.42. The molecule has 0 spiro atoms. The molecule has 1 saturated carbocycles. The first kappa shape index (κ1) is 16.6. The van der Waals surface area contributed by atoms with Crippen molar-refractivity contribution in [1.29, 1.82) is 0 Å². The third-order valence-electron chi connectivity index (χ3n) is 4.63. The van der Waals surface area contributed by atoms with Gasteiger partial charge in [0.2, 0.25) is 0 Å². The lowest BCUT2D eigenvalue weighted by atomic mass is 9.84. The Bertz CT molecular complexity index is 675. The average molecular weight is 323 g/mol. The molecule has 24 heavy (non-hydrogen) atoms. The molecule has 0 unspecified atom stereocenters. The molecule has 0 bridgehead atoms. The van der Waals surface area contributed by atoms with Gasteiger partial charge in [-0.1, -0.05) is 54.8 Å². The van der Waals surface area contributed by atoms with Gasteiger partial charge in [0.1, 0.15) is 12.4 Å². The van der Waals surface area contributed by atoms with E-state index in [9.17, 15) is 0 Å². The van der Waals surface area contributed by atoms with Gasteiger partial charge in [-0.25, -0.2) is 0 Å². The number of rotatable bonds is 6. The molecule has 0 N–H and O–H groups in total. The van der Waals surface area contributed by atoms with Crippen LogP contribution in [-0.4, -0.2) is 13.3 Å². The fourth-order valence-corrected chi connectivity index (χ4v) is 3.30. The number of hydrogen-bond donors (Lipinski definition) is 0. The molecule has 0 radical (unpaired) electrons. The minimum absolute atomic E-state index is 0.440. The van der Waals surface area contributed by atoms with Crippen LogP contribution in [0.2, 0.25) is 0 Å². The first-order chi connectivity index (χ1) is 11.8. The Hall–Kier alpha value is -2.29. The van der Waals surface area contributed by atoms with E-state index in [0.717, 1.165) is 16.9 Å².